The van der Waals surface area contributed by atoms with Crippen LogP contribution in [0.1, 0.15) is 24.2 Å². The molecule has 3 nitrogen and oxygen atoms in total. The van der Waals surface area contributed by atoms with Crippen LogP contribution in [-0.2, 0) is 13.6 Å². The van der Waals surface area contributed by atoms with Gasteiger partial charge in [-0.05, 0) is 30.9 Å². The Hall–Kier alpha value is -1.26. The van der Waals surface area contributed by atoms with Gasteiger partial charge in [-0.2, -0.15) is 0 Å². The van der Waals surface area contributed by atoms with Gasteiger partial charge >= 0.3 is 0 Å². The van der Waals surface area contributed by atoms with Crippen molar-refractivity contribution in [1.82, 2.24) is 14.9 Å². The maximum atomic E-state index is 4.12. The van der Waals surface area contributed by atoms with E-state index in [0.29, 0.717) is 6.04 Å². The van der Waals surface area contributed by atoms with Gasteiger partial charge in [-0.3, -0.25) is 0 Å². The Labute approximate surface area is 113 Å². The molecule has 0 fully saturated rings. The highest BCUT2D eigenvalue weighted by Crippen LogP contribution is 2.19. The minimum atomic E-state index is 0.343. The van der Waals surface area contributed by atoms with E-state index in [1.165, 1.54) is 16.2 Å². The van der Waals surface area contributed by atoms with E-state index in [0.717, 1.165) is 6.54 Å². The van der Waals surface area contributed by atoms with Crippen molar-refractivity contribution in [3.63, 3.8) is 0 Å². The summed E-state index contributed by atoms with van der Waals surface area (Å²) in [7, 11) is 2.02. The molecule has 96 valence electrons. The molecule has 2 aromatic rings. The summed E-state index contributed by atoms with van der Waals surface area (Å²) in [4.78, 5) is 5.42. The SMILES string of the molecule is CSc1ccc(C(C)NCc2cncn2C)cc1. The molecule has 1 aromatic carbocycles. The molecule has 2 rings (SSSR count). The topological polar surface area (TPSA) is 29.9 Å². The van der Waals surface area contributed by atoms with Crippen LogP contribution in [0.3, 0.4) is 0 Å². The van der Waals surface area contributed by atoms with Gasteiger partial charge in [0.05, 0.1) is 12.0 Å². The standard InChI is InChI=1S/C14H19N3S/c1-11(12-4-6-14(18-3)7-5-12)16-9-13-8-15-10-17(13)2/h4-8,10-11,16H,9H2,1-3H3. The molecule has 0 saturated carbocycles. The quantitative estimate of drug-likeness (QED) is 0.839. The average molecular weight is 261 g/mol. The molecular formula is C14H19N3S. The molecule has 1 aromatic heterocycles. The maximum Gasteiger partial charge on any atom is 0.0945 e. The van der Waals surface area contributed by atoms with E-state index in [2.05, 4.69) is 47.7 Å². The normalized spacial score (nSPS) is 12.6. The van der Waals surface area contributed by atoms with Crippen LogP contribution in [0.5, 0.6) is 0 Å². The highest BCUT2D eigenvalue weighted by molar-refractivity contribution is 7.98. The molecule has 1 N–H and O–H groups in total. The monoisotopic (exact) mass is 261 g/mol. The number of thioether (sulfide) groups is 1. The summed E-state index contributed by atoms with van der Waals surface area (Å²) in [5, 5.41) is 3.51. The third-order valence-corrected chi connectivity index (χ3v) is 3.87. The van der Waals surface area contributed by atoms with E-state index in [4.69, 9.17) is 0 Å². The zero-order valence-electron chi connectivity index (χ0n) is 11.1. The van der Waals surface area contributed by atoms with Gasteiger partial charge in [0.2, 0.25) is 0 Å². The van der Waals surface area contributed by atoms with E-state index in [1.807, 2.05) is 24.1 Å². The van der Waals surface area contributed by atoms with E-state index < -0.39 is 0 Å². The Morgan fingerprint density at radius 1 is 1.33 bits per heavy atom. The van der Waals surface area contributed by atoms with Gasteiger partial charge in [0.1, 0.15) is 0 Å². The summed E-state index contributed by atoms with van der Waals surface area (Å²) < 4.78 is 2.04. The van der Waals surface area contributed by atoms with Crippen molar-refractivity contribution in [3.8, 4) is 0 Å². The van der Waals surface area contributed by atoms with Gasteiger partial charge in [0.25, 0.3) is 0 Å². The third-order valence-electron chi connectivity index (χ3n) is 3.12. The predicted octanol–water partition coefficient (Wildman–Crippen LogP) is 2.99. The number of hydrogen-bond donors (Lipinski definition) is 1. The van der Waals surface area contributed by atoms with E-state index >= 15 is 0 Å². The van der Waals surface area contributed by atoms with Gasteiger partial charge < -0.3 is 9.88 Å². The van der Waals surface area contributed by atoms with E-state index in [9.17, 15) is 0 Å². The lowest BCUT2D eigenvalue weighted by Gasteiger charge is -2.14. The Balaban J connectivity index is 1.94. The molecule has 0 saturated heterocycles. The van der Waals surface area contributed by atoms with Gasteiger partial charge in [-0.25, -0.2) is 4.98 Å². The molecule has 1 heterocycles. The highest BCUT2D eigenvalue weighted by atomic mass is 32.2. The number of imidazole rings is 1. The van der Waals surface area contributed by atoms with Crippen molar-refractivity contribution in [1.29, 1.82) is 0 Å². The minimum absolute atomic E-state index is 0.343. The fraction of sp³-hybridized carbons (Fsp3) is 0.357. The zero-order valence-corrected chi connectivity index (χ0v) is 11.9. The van der Waals surface area contributed by atoms with Crippen LogP contribution in [0.25, 0.3) is 0 Å². The second-order valence-electron chi connectivity index (χ2n) is 4.37. The number of rotatable bonds is 5. The van der Waals surface area contributed by atoms with Gasteiger partial charge in [-0.1, -0.05) is 12.1 Å². The smallest absolute Gasteiger partial charge is 0.0945 e. The minimum Gasteiger partial charge on any atom is -0.337 e. The first-order valence-corrected chi connectivity index (χ1v) is 7.25. The Morgan fingerprint density at radius 2 is 2.06 bits per heavy atom. The number of nitrogens with one attached hydrogen (secondary N) is 1. The zero-order chi connectivity index (χ0) is 13.0. The van der Waals surface area contributed by atoms with Gasteiger partial charge in [-0.15, -0.1) is 11.8 Å². The molecular weight excluding hydrogens is 242 g/mol. The molecule has 4 heteroatoms. The molecule has 0 radical (unpaired) electrons. The van der Waals surface area contributed by atoms with E-state index in [-0.39, 0.29) is 0 Å². The summed E-state index contributed by atoms with van der Waals surface area (Å²) in [6.07, 6.45) is 5.82. The summed E-state index contributed by atoms with van der Waals surface area (Å²) in [5.74, 6) is 0. The van der Waals surface area contributed by atoms with Gasteiger partial charge in [0, 0.05) is 30.7 Å². The third kappa shape index (κ3) is 3.15. The van der Waals surface area contributed by atoms with Crippen LogP contribution >= 0.6 is 11.8 Å². The Morgan fingerprint density at radius 3 is 2.61 bits per heavy atom. The summed E-state index contributed by atoms with van der Waals surface area (Å²) in [5.41, 5.74) is 2.51. The van der Waals surface area contributed by atoms with Crippen molar-refractivity contribution < 1.29 is 0 Å². The lowest BCUT2D eigenvalue weighted by atomic mass is 10.1. The van der Waals surface area contributed by atoms with Crippen LogP contribution in [0.2, 0.25) is 0 Å². The first-order valence-electron chi connectivity index (χ1n) is 6.03. The van der Waals surface area contributed by atoms with Crippen LogP contribution in [-0.4, -0.2) is 15.8 Å². The lowest BCUT2D eigenvalue weighted by Crippen LogP contribution is -2.19. The fourth-order valence-corrected chi connectivity index (χ4v) is 2.23. The number of hydrogen-bond acceptors (Lipinski definition) is 3. The Bertz CT molecular complexity index is 490. The molecule has 0 aliphatic rings. The summed E-state index contributed by atoms with van der Waals surface area (Å²) in [6.45, 7) is 3.02. The first kappa shape index (κ1) is 13.2. The number of aryl methyl sites for hydroxylation is 1. The van der Waals surface area contributed by atoms with E-state index in [1.54, 1.807) is 11.8 Å². The lowest BCUT2D eigenvalue weighted by molar-refractivity contribution is 0.557. The van der Waals surface area contributed by atoms with Crippen LogP contribution in [0, 0.1) is 0 Å². The molecule has 0 aliphatic heterocycles. The number of benzene rings is 1. The van der Waals surface area contributed by atoms with Crippen molar-refractivity contribution >= 4 is 11.8 Å². The van der Waals surface area contributed by atoms with Crippen LogP contribution in [0.15, 0.2) is 41.7 Å². The van der Waals surface area contributed by atoms with Crippen molar-refractivity contribution in [2.45, 2.75) is 24.4 Å². The predicted molar refractivity (Wildman–Crippen MR) is 76.7 cm³/mol. The van der Waals surface area contributed by atoms with Crippen molar-refractivity contribution in [2.24, 2.45) is 7.05 Å². The first-order chi connectivity index (χ1) is 8.70. The van der Waals surface area contributed by atoms with Crippen molar-refractivity contribution in [3.05, 3.63) is 48.0 Å². The molecule has 1 unspecified atom stereocenters. The number of nitrogens with zero attached hydrogens (tertiary/aromatic N) is 2. The van der Waals surface area contributed by atoms with Gasteiger partial charge in [0.15, 0.2) is 0 Å². The fourth-order valence-electron chi connectivity index (χ4n) is 1.82. The second kappa shape index (κ2) is 6.07. The van der Waals surface area contributed by atoms with Crippen LogP contribution in [0.4, 0.5) is 0 Å². The summed E-state index contributed by atoms with van der Waals surface area (Å²) >= 11 is 1.77. The highest BCUT2D eigenvalue weighted by Gasteiger charge is 2.06. The molecule has 0 bridgehead atoms. The Kier molecular flexibility index (Phi) is 4.44. The van der Waals surface area contributed by atoms with Crippen molar-refractivity contribution in [2.75, 3.05) is 6.26 Å². The summed E-state index contributed by atoms with van der Waals surface area (Å²) in [6, 6.07) is 9.06. The molecule has 0 aliphatic carbocycles. The molecule has 1 atom stereocenters. The largest absolute Gasteiger partial charge is 0.337 e. The number of aromatic nitrogens is 2. The molecule has 0 amide bonds. The molecule has 18 heavy (non-hydrogen) atoms. The van der Waals surface area contributed by atoms with Crippen LogP contribution < -0.4 is 5.32 Å². The molecule has 0 spiro atoms. The maximum absolute atomic E-state index is 4.12. The second-order valence-corrected chi connectivity index (χ2v) is 5.25. The average Bonchev–Trinajstić information content (AvgIpc) is 2.81.